The van der Waals surface area contributed by atoms with Crippen molar-refractivity contribution in [2.75, 3.05) is 7.11 Å². The van der Waals surface area contributed by atoms with Crippen LogP contribution in [0.15, 0.2) is 82.6 Å². The van der Waals surface area contributed by atoms with Gasteiger partial charge in [0.15, 0.2) is 10.9 Å². The van der Waals surface area contributed by atoms with Crippen LogP contribution in [0.5, 0.6) is 5.75 Å². The molecule has 0 bridgehead atoms. The van der Waals surface area contributed by atoms with Crippen molar-refractivity contribution in [3.63, 3.8) is 0 Å². The topological polar surface area (TPSA) is 53.1 Å². The van der Waals surface area contributed by atoms with Gasteiger partial charge in [0.05, 0.1) is 19.1 Å². The van der Waals surface area contributed by atoms with Crippen LogP contribution in [-0.4, -0.2) is 21.9 Å². The number of nitrogens with zero attached hydrogens (tertiary/aromatic N) is 3. The second-order valence-electron chi connectivity index (χ2n) is 5.57. The Bertz CT molecular complexity index is 981. The zero-order chi connectivity index (χ0) is 17.8. The maximum atomic E-state index is 5.56. The molecule has 2 aromatic carbocycles. The number of aromatic nitrogens is 3. The van der Waals surface area contributed by atoms with E-state index >= 15 is 0 Å². The lowest BCUT2D eigenvalue weighted by Crippen LogP contribution is -2.02. The van der Waals surface area contributed by atoms with Crippen molar-refractivity contribution in [1.29, 1.82) is 0 Å². The lowest BCUT2D eigenvalue weighted by molar-refractivity contribution is 0.412. The number of thioether (sulfide) groups is 1. The molecule has 0 aliphatic rings. The number of para-hydroxylation sites is 2. The highest BCUT2D eigenvalue weighted by Crippen LogP contribution is 2.33. The number of ether oxygens (including phenoxy) is 1. The fraction of sp³-hybridized carbons (Fsp3) is 0.100. The normalized spacial score (nSPS) is 10.8. The Morgan fingerprint density at radius 2 is 1.77 bits per heavy atom. The molecule has 6 heteroatoms. The molecule has 0 N–H and O–H groups in total. The summed E-state index contributed by atoms with van der Waals surface area (Å²) in [4.78, 5) is 0. The highest BCUT2D eigenvalue weighted by molar-refractivity contribution is 7.98. The Hall–Kier alpha value is -2.99. The van der Waals surface area contributed by atoms with Crippen molar-refractivity contribution in [2.45, 2.75) is 10.9 Å². The van der Waals surface area contributed by atoms with Crippen molar-refractivity contribution in [3.05, 3.63) is 78.6 Å². The standard InChI is InChI=1S/C20H17N3O2S/c1-24-17-11-6-5-10-16(17)23-19(18-12-7-13-25-18)21-22-20(23)26-14-15-8-3-2-4-9-15/h2-13H,14H2,1H3. The van der Waals surface area contributed by atoms with Crippen LogP contribution in [0, 0.1) is 0 Å². The van der Waals surface area contributed by atoms with E-state index in [1.807, 2.05) is 59.2 Å². The van der Waals surface area contributed by atoms with Crippen LogP contribution in [0.25, 0.3) is 17.3 Å². The van der Waals surface area contributed by atoms with Gasteiger partial charge in [0.25, 0.3) is 0 Å². The summed E-state index contributed by atoms with van der Waals surface area (Å²) >= 11 is 1.62. The molecule has 0 aliphatic carbocycles. The molecule has 5 nitrogen and oxygen atoms in total. The largest absolute Gasteiger partial charge is 0.495 e. The minimum absolute atomic E-state index is 0.648. The molecule has 4 aromatic rings. The zero-order valence-electron chi connectivity index (χ0n) is 14.2. The van der Waals surface area contributed by atoms with Gasteiger partial charge in [-0.15, -0.1) is 10.2 Å². The number of methoxy groups -OCH3 is 1. The number of rotatable bonds is 6. The number of benzene rings is 2. The SMILES string of the molecule is COc1ccccc1-n1c(SCc2ccccc2)nnc1-c1ccco1. The van der Waals surface area contributed by atoms with E-state index in [0.29, 0.717) is 11.6 Å². The van der Waals surface area contributed by atoms with Crippen LogP contribution in [0.3, 0.4) is 0 Å². The molecule has 0 radical (unpaired) electrons. The summed E-state index contributed by atoms with van der Waals surface area (Å²) in [7, 11) is 1.66. The first-order valence-corrected chi connectivity index (χ1v) is 9.15. The summed E-state index contributed by atoms with van der Waals surface area (Å²) in [5.74, 6) is 2.86. The number of furan rings is 1. The van der Waals surface area contributed by atoms with Gasteiger partial charge in [-0.25, -0.2) is 0 Å². The summed E-state index contributed by atoms with van der Waals surface area (Å²) in [6, 6.07) is 21.8. The van der Waals surface area contributed by atoms with Crippen LogP contribution < -0.4 is 4.74 Å². The van der Waals surface area contributed by atoms with Gasteiger partial charge in [0, 0.05) is 5.75 Å². The monoisotopic (exact) mass is 363 g/mol. The minimum atomic E-state index is 0.648. The lowest BCUT2D eigenvalue weighted by atomic mass is 10.2. The first kappa shape index (κ1) is 16.5. The van der Waals surface area contributed by atoms with Crippen molar-refractivity contribution in [1.82, 2.24) is 14.8 Å². The van der Waals surface area contributed by atoms with Gasteiger partial charge in [-0.05, 0) is 29.8 Å². The molecule has 4 rings (SSSR count). The highest BCUT2D eigenvalue weighted by Gasteiger charge is 2.20. The van der Waals surface area contributed by atoms with Crippen LogP contribution in [0.4, 0.5) is 0 Å². The third-order valence-corrected chi connectivity index (χ3v) is 4.91. The molecular weight excluding hydrogens is 346 g/mol. The molecule has 0 aliphatic heterocycles. The first-order chi connectivity index (χ1) is 12.9. The van der Waals surface area contributed by atoms with Gasteiger partial charge in [0.2, 0.25) is 5.82 Å². The first-order valence-electron chi connectivity index (χ1n) is 8.16. The van der Waals surface area contributed by atoms with Gasteiger partial charge >= 0.3 is 0 Å². The Labute approximate surface area is 155 Å². The quantitative estimate of drug-likeness (QED) is 0.459. The molecule has 26 heavy (non-hydrogen) atoms. The second kappa shape index (κ2) is 7.49. The third-order valence-electron chi connectivity index (χ3n) is 3.91. The molecule has 130 valence electrons. The lowest BCUT2D eigenvalue weighted by Gasteiger charge is -2.13. The average Bonchev–Trinajstić information content (AvgIpc) is 3.36. The molecule has 0 unspecified atom stereocenters. The van der Waals surface area contributed by atoms with E-state index in [0.717, 1.165) is 22.3 Å². The number of hydrogen-bond acceptors (Lipinski definition) is 5. The predicted octanol–water partition coefficient (Wildman–Crippen LogP) is 4.83. The molecule has 0 amide bonds. The van der Waals surface area contributed by atoms with Gasteiger partial charge in [-0.1, -0.05) is 54.2 Å². The summed E-state index contributed by atoms with van der Waals surface area (Å²) in [6.45, 7) is 0. The predicted molar refractivity (Wildman–Crippen MR) is 102 cm³/mol. The molecule has 0 saturated heterocycles. The molecule has 0 saturated carbocycles. The maximum Gasteiger partial charge on any atom is 0.205 e. The molecule has 2 aromatic heterocycles. The molecular formula is C20H17N3O2S. The molecule has 0 atom stereocenters. The third kappa shape index (κ3) is 3.23. The van der Waals surface area contributed by atoms with Crippen LogP contribution in [0.1, 0.15) is 5.56 Å². The summed E-state index contributed by atoms with van der Waals surface area (Å²) in [5, 5.41) is 9.55. The van der Waals surface area contributed by atoms with E-state index < -0.39 is 0 Å². The van der Waals surface area contributed by atoms with E-state index in [4.69, 9.17) is 9.15 Å². The fourth-order valence-corrected chi connectivity index (χ4v) is 3.58. The van der Waals surface area contributed by atoms with Gasteiger partial charge < -0.3 is 9.15 Å². The molecule has 0 spiro atoms. The van der Waals surface area contributed by atoms with E-state index in [9.17, 15) is 0 Å². The average molecular weight is 363 g/mol. The minimum Gasteiger partial charge on any atom is -0.495 e. The Balaban J connectivity index is 1.77. The van der Waals surface area contributed by atoms with E-state index in [1.165, 1.54) is 5.56 Å². The summed E-state index contributed by atoms with van der Waals surface area (Å²) < 4.78 is 13.1. The van der Waals surface area contributed by atoms with Crippen molar-refractivity contribution >= 4 is 11.8 Å². The van der Waals surface area contributed by atoms with Crippen LogP contribution >= 0.6 is 11.8 Å². The van der Waals surface area contributed by atoms with Gasteiger partial charge in [-0.3, -0.25) is 4.57 Å². The van der Waals surface area contributed by atoms with E-state index in [2.05, 4.69) is 22.3 Å². The highest BCUT2D eigenvalue weighted by atomic mass is 32.2. The Morgan fingerprint density at radius 3 is 2.54 bits per heavy atom. The molecule has 2 heterocycles. The Kier molecular flexibility index (Phi) is 4.75. The fourth-order valence-electron chi connectivity index (χ4n) is 2.68. The van der Waals surface area contributed by atoms with Crippen LogP contribution in [0.2, 0.25) is 0 Å². The van der Waals surface area contributed by atoms with Gasteiger partial charge in [-0.2, -0.15) is 0 Å². The maximum absolute atomic E-state index is 5.56. The van der Waals surface area contributed by atoms with Gasteiger partial charge in [0.1, 0.15) is 5.75 Å². The Morgan fingerprint density at radius 1 is 0.962 bits per heavy atom. The van der Waals surface area contributed by atoms with E-state index in [-0.39, 0.29) is 0 Å². The number of hydrogen-bond donors (Lipinski definition) is 0. The summed E-state index contributed by atoms with van der Waals surface area (Å²) in [5.41, 5.74) is 2.11. The smallest absolute Gasteiger partial charge is 0.205 e. The second-order valence-corrected chi connectivity index (χ2v) is 6.51. The van der Waals surface area contributed by atoms with Crippen molar-refractivity contribution < 1.29 is 9.15 Å². The van der Waals surface area contributed by atoms with Crippen molar-refractivity contribution in [3.8, 4) is 23.0 Å². The molecule has 0 fully saturated rings. The zero-order valence-corrected chi connectivity index (χ0v) is 15.0. The van der Waals surface area contributed by atoms with Crippen LogP contribution in [-0.2, 0) is 5.75 Å². The van der Waals surface area contributed by atoms with E-state index in [1.54, 1.807) is 25.1 Å². The van der Waals surface area contributed by atoms with Crippen molar-refractivity contribution in [2.24, 2.45) is 0 Å². The summed E-state index contributed by atoms with van der Waals surface area (Å²) in [6.07, 6.45) is 1.63.